The maximum Gasteiger partial charge on any atom is 0.291 e. The van der Waals surface area contributed by atoms with Crippen LogP contribution in [0.2, 0.25) is 0 Å². The van der Waals surface area contributed by atoms with Gasteiger partial charge in [-0.1, -0.05) is 11.3 Å². The number of thiazole rings is 1. The van der Waals surface area contributed by atoms with Crippen molar-refractivity contribution in [3.63, 3.8) is 0 Å². The Bertz CT molecular complexity index is 796. The Kier molecular flexibility index (Phi) is 2.84. The first-order chi connectivity index (χ1) is 11.2. The van der Waals surface area contributed by atoms with Crippen LogP contribution in [0.4, 0.5) is 5.13 Å². The van der Waals surface area contributed by atoms with Gasteiger partial charge in [0.05, 0.1) is 16.8 Å². The molecule has 1 spiro atoms. The van der Waals surface area contributed by atoms with E-state index in [0.29, 0.717) is 11.9 Å². The number of aromatic nitrogens is 1. The number of rotatable bonds is 1. The van der Waals surface area contributed by atoms with Crippen molar-refractivity contribution in [1.82, 2.24) is 9.88 Å². The maximum atomic E-state index is 9.56. The highest BCUT2D eigenvalue weighted by Gasteiger charge is 2.51. The van der Waals surface area contributed by atoms with E-state index in [0.717, 1.165) is 28.4 Å². The zero-order valence-corrected chi connectivity index (χ0v) is 13.5. The number of aromatic hydroxyl groups is 1. The molecule has 3 saturated heterocycles. The molecule has 1 atom stereocenters. The van der Waals surface area contributed by atoms with Crippen LogP contribution < -0.4 is 5.32 Å². The fraction of sp³-hybridized carbons (Fsp3) is 0.500. The number of hydrogen-bond acceptors (Lipinski definition) is 7. The summed E-state index contributed by atoms with van der Waals surface area (Å²) in [4.78, 5) is 11.6. The van der Waals surface area contributed by atoms with Crippen LogP contribution in [0.5, 0.6) is 5.75 Å². The Balaban J connectivity index is 1.35. The summed E-state index contributed by atoms with van der Waals surface area (Å²) in [6.07, 6.45) is 2.42. The minimum Gasteiger partial charge on any atom is -0.508 e. The molecule has 6 rings (SSSR count). The summed E-state index contributed by atoms with van der Waals surface area (Å²) < 4.78 is 7.21. The van der Waals surface area contributed by atoms with Crippen LogP contribution in [0.15, 0.2) is 23.2 Å². The summed E-state index contributed by atoms with van der Waals surface area (Å²) in [7, 11) is 0. The molecular formula is C16H18N4O2S. The molecule has 23 heavy (non-hydrogen) atoms. The summed E-state index contributed by atoms with van der Waals surface area (Å²) in [6.45, 7) is 4.11. The molecule has 1 aromatic carbocycles. The van der Waals surface area contributed by atoms with Crippen molar-refractivity contribution in [2.24, 2.45) is 10.9 Å². The lowest BCUT2D eigenvalue weighted by molar-refractivity contribution is -0.0829. The van der Waals surface area contributed by atoms with Gasteiger partial charge in [0.1, 0.15) is 11.4 Å². The fourth-order valence-electron chi connectivity index (χ4n) is 4.01. The van der Waals surface area contributed by atoms with Crippen LogP contribution in [0.25, 0.3) is 10.2 Å². The number of phenols is 1. The lowest BCUT2D eigenvalue weighted by Gasteiger charge is -2.50. The first-order valence-corrected chi connectivity index (χ1v) is 8.84. The Hall–Kier alpha value is -1.86. The molecule has 0 radical (unpaired) electrons. The molecule has 2 bridgehead atoms. The summed E-state index contributed by atoms with van der Waals surface area (Å²) in [5.74, 6) is 0.872. The number of aliphatic imine (C=N–C) groups is 1. The first kappa shape index (κ1) is 13.6. The van der Waals surface area contributed by atoms with Crippen LogP contribution in [0, 0.1) is 5.92 Å². The minimum absolute atomic E-state index is 0.131. The standard InChI is InChI=1S/C16H18N4O2S/c21-11-1-2-12-13(7-11)23-15(18-12)19-14-17-8-16(22-14)9-20-5-3-10(16)4-6-20/h1-2,7,10,21H,3-6,8-9H2,(H,17,18,19)/t16-/m1/s1. The number of anilines is 1. The quantitative estimate of drug-likeness (QED) is 0.839. The van der Waals surface area contributed by atoms with Gasteiger partial charge in [0.15, 0.2) is 5.13 Å². The molecule has 0 saturated carbocycles. The second-order valence-electron chi connectivity index (χ2n) is 6.63. The Morgan fingerprint density at radius 3 is 3.00 bits per heavy atom. The van der Waals surface area contributed by atoms with Crippen molar-refractivity contribution in [3.8, 4) is 5.75 Å². The monoisotopic (exact) mass is 330 g/mol. The van der Waals surface area contributed by atoms with Gasteiger partial charge in [-0.3, -0.25) is 10.2 Å². The number of nitrogens with zero attached hydrogens (tertiary/aromatic N) is 3. The van der Waals surface area contributed by atoms with Crippen molar-refractivity contribution in [2.75, 3.05) is 31.5 Å². The average Bonchev–Trinajstić information content (AvgIpc) is 3.12. The number of phenolic OH excluding ortho intramolecular Hbond substituents is 1. The highest BCUT2D eigenvalue weighted by Crippen LogP contribution is 2.41. The van der Waals surface area contributed by atoms with Crippen LogP contribution >= 0.6 is 11.3 Å². The average molecular weight is 330 g/mol. The van der Waals surface area contributed by atoms with Crippen molar-refractivity contribution in [3.05, 3.63) is 18.2 Å². The van der Waals surface area contributed by atoms with Crippen LogP contribution in [0.3, 0.4) is 0 Å². The van der Waals surface area contributed by atoms with E-state index in [1.807, 2.05) is 6.07 Å². The molecule has 0 unspecified atom stereocenters. The molecule has 0 amide bonds. The SMILES string of the molecule is Oc1ccc2nc(NC3=NC[C@]4(CN5CCC4CC5)O3)sc2c1. The number of nitrogens with one attached hydrogen (secondary N) is 1. The summed E-state index contributed by atoms with van der Waals surface area (Å²) in [6, 6.07) is 5.78. The van der Waals surface area contributed by atoms with Gasteiger partial charge in [-0.25, -0.2) is 9.98 Å². The second kappa shape index (κ2) is 4.82. The fourth-order valence-corrected chi connectivity index (χ4v) is 4.89. The number of ether oxygens (including phenoxy) is 1. The van der Waals surface area contributed by atoms with Crippen molar-refractivity contribution < 1.29 is 9.84 Å². The molecule has 7 heteroatoms. The van der Waals surface area contributed by atoms with Gasteiger partial charge < -0.3 is 9.84 Å². The van der Waals surface area contributed by atoms with Gasteiger partial charge in [-0.15, -0.1) is 0 Å². The van der Waals surface area contributed by atoms with E-state index in [9.17, 15) is 5.11 Å². The zero-order valence-electron chi connectivity index (χ0n) is 12.7. The molecule has 6 nitrogen and oxygen atoms in total. The van der Waals surface area contributed by atoms with Crippen LogP contribution in [-0.2, 0) is 4.74 Å². The van der Waals surface area contributed by atoms with Gasteiger partial charge in [-0.05, 0) is 44.1 Å². The van der Waals surface area contributed by atoms with E-state index < -0.39 is 0 Å². The van der Waals surface area contributed by atoms with E-state index in [1.165, 1.54) is 37.3 Å². The third kappa shape index (κ3) is 2.18. The highest BCUT2D eigenvalue weighted by atomic mass is 32.1. The third-order valence-electron chi connectivity index (χ3n) is 5.20. The van der Waals surface area contributed by atoms with E-state index in [2.05, 4.69) is 20.2 Å². The van der Waals surface area contributed by atoms with Crippen LogP contribution in [-0.4, -0.2) is 52.8 Å². The van der Waals surface area contributed by atoms with Gasteiger partial charge >= 0.3 is 0 Å². The van der Waals surface area contributed by atoms with Crippen molar-refractivity contribution >= 4 is 32.7 Å². The summed E-state index contributed by atoms with van der Waals surface area (Å²) >= 11 is 1.50. The van der Waals surface area contributed by atoms with Crippen LogP contribution in [0.1, 0.15) is 12.8 Å². The topological polar surface area (TPSA) is 70.0 Å². The van der Waals surface area contributed by atoms with Gasteiger partial charge in [0, 0.05) is 12.5 Å². The molecular weight excluding hydrogens is 312 g/mol. The molecule has 3 fully saturated rings. The number of fused-ring (bicyclic) bond motifs is 3. The van der Waals surface area contributed by atoms with Gasteiger partial charge in [0.2, 0.25) is 0 Å². The molecule has 2 aromatic rings. The number of amidine groups is 1. The lowest BCUT2D eigenvalue weighted by atomic mass is 9.75. The number of hydrogen-bond donors (Lipinski definition) is 2. The second-order valence-corrected chi connectivity index (χ2v) is 7.67. The summed E-state index contributed by atoms with van der Waals surface area (Å²) in [5.41, 5.74) is 0.736. The molecule has 4 aliphatic heterocycles. The molecule has 2 N–H and O–H groups in total. The number of benzene rings is 1. The smallest absolute Gasteiger partial charge is 0.291 e. The van der Waals surface area contributed by atoms with E-state index >= 15 is 0 Å². The molecule has 120 valence electrons. The van der Waals surface area contributed by atoms with Gasteiger partial charge in [0.25, 0.3) is 6.02 Å². The Morgan fingerprint density at radius 1 is 1.35 bits per heavy atom. The lowest BCUT2D eigenvalue weighted by Crippen LogP contribution is -2.61. The van der Waals surface area contributed by atoms with Crippen molar-refractivity contribution in [2.45, 2.75) is 18.4 Å². The number of piperidine rings is 3. The molecule has 4 aliphatic rings. The predicted octanol–water partition coefficient (Wildman–Crippen LogP) is 2.26. The Morgan fingerprint density at radius 2 is 2.22 bits per heavy atom. The van der Waals surface area contributed by atoms with E-state index in [-0.39, 0.29) is 11.4 Å². The van der Waals surface area contributed by atoms with Crippen molar-refractivity contribution in [1.29, 1.82) is 0 Å². The third-order valence-corrected chi connectivity index (χ3v) is 6.13. The first-order valence-electron chi connectivity index (χ1n) is 8.03. The minimum atomic E-state index is -0.131. The molecule has 0 aliphatic carbocycles. The van der Waals surface area contributed by atoms with E-state index in [1.54, 1.807) is 12.1 Å². The molecule has 5 heterocycles. The largest absolute Gasteiger partial charge is 0.508 e. The maximum absolute atomic E-state index is 9.56. The predicted molar refractivity (Wildman–Crippen MR) is 90.2 cm³/mol. The van der Waals surface area contributed by atoms with Gasteiger partial charge in [-0.2, -0.15) is 0 Å². The Labute approximate surface area is 137 Å². The zero-order chi connectivity index (χ0) is 15.4. The molecule has 1 aromatic heterocycles. The normalized spacial score (nSPS) is 32.3. The highest BCUT2D eigenvalue weighted by molar-refractivity contribution is 7.22. The summed E-state index contributed by atoms with van der Waals surface area (Å²) in [5, 5.41) is 13.5. The van der Waals surface area contributed by atoms with E-state index in [4.69, 9.17) is 4.74 Å².